The average molecular weight is 248 g/mol. The zero-order valence-corrected chi connectivity index (χ0v) is 11.7. The van der Waals surface area contributed by atoms with Gasteiger partial charge < -0.3 is 10.2 Å². The first-order valence-electron chi connectivity index (χ1n) is 6.67. The highest BCUT2D eigenvalue weighted by atomic mass is 16.3. The minimum absolute atomic E-state index is 0.309. The van der Waals surface area contributed by atoms with Crippen molar-refractivity contribution in [3.05, 3.63) is 35.3 Å². The van der Waals surface area contributed by atoms with Crippen LogP contribution in [0.5, 0.6) is 0 Å². The van der Waals surface area contributed by atoms with Gasteiger partial charge in [0.15, 0.2) is 0 Å². The maximum absolute atomic E-state index is 5.58. The van der Waals surface area contributed by atoms with E-state index in [1.54, 1.807) is 11.8 Å². The summed E-state index contributed by atoms with van der Waals surface area (Å²) in [5.74, 6) is 1.02. The molecule has 1 aliphatic heterocycles. The molecule has 0 fully saturated rings. The van der Waals surface area contributed by atoms with Crippen molar-refractivity contribution in [1.82, 2.24) is 4.90 Å². The van der Waals surface area contributed by atoms with Gasteiger partial charge in [-0.1, -0.05) is 32.4 Å². The molecule has 0 saturated carbocycles. The van der Waals surface area contributed by atoms with Crippen LogP contribution in [0.1, 0.15) is 38.5 Å². The fourth-order valence-electron chi connectivity index (χ4n) is 2.37. The van der Waals surface area contributed by atoms with E-state index in [4.69, 9.17) is 10.2 Å². The number of nitrogens with two attached hydrogens (primary N) is 1. The quantitative estimate of drug-likeness (QED) is 0.836. The van der Waals surface area contributed by atoms with Crippen molar-refractivity contribution in [1.29, 1.82) is 0 Å². The minimum Gasteiger partial charge on any atom is -0.468 e. The normalized spacial score (nSPS) is 17.9. The highest BCUT2D eigenvalue weighted by Gasteiger charge is 2.21. The molecule has 0 aromatic carbocycles. The second kappa shape index (κ2) is 5.29. The highest BCUT2D eigenvalue weighted by molar-refractivity contribution is 5.16. The molecule has 0 saturated heterocycles. The molecular formula is C15H24N2O. The SMILES string of the molecule is CC(C)(C)C1=CCN(Cc2cc(CN)co2)CC1. The van der Waals surface area contributed by atoms with E-state index < -0.39 is 0 Å². The Morgan fingerprint density at radius 3 is 2.67 bits per heavy atom. The molecule has 0 spiro atoms. The van der Waals surface area contributed by atoms with Crippen LogP contribution in [0.4, 0.5) is 0 Å². The summed E-state index contributed by atoms with van der Waals surface area (Å²) in [6.45, 7) is 10.4. The van der Waals surface area contributed by atoms with Gasteiger partial charge >= 0.3 is 0 Å². The number of furan rings is 1. The van der Waals surface area contributed by atoms with Crippen LogP contribution < -0.4 is 5.73 Å². The molecule has 3 heteroatoms. The lowest BCUT2D eigenvalue weighted by molar-refractivity contribution is 0.250. The van der Waals surface area contributed by atoms with E-state index in [0.29, 0.717) is 12.0 Å². The van der Waals surface area contributed by atoms with E-state index in [1.165, 1.54) is 0 Å². The fraction of sp³-hybridized carbons (Fsp3) is 0.600. The summed E-state index contributed by atoms with van der Waals surface area (Å²) >= 11 is 0. The summed E-state index contributed by atoms with van der Waals surface area (Å²) in [5, 5.41) is 0. The third kappa shape index (κ3) is 3.24. The molecule has 0 unspecified atom stereocenters. The van der Waals surface area contributed by atoms with Gasteiger partial charge in [0.2, 0.25) is 0 Å². The van der Waals surface area contributed by atoms with Crippen LogP contribution in [0, 0.1) is 5.41 Å². The van der Waals surface area contributed by atoms with Crippen molar-refractivity contribution < 1.29 is 4.42 Å². The Morgan fingerprint density at radius 1 is 1.39 bits per heavy atom. The van der Waals surface area contributed by atoms with Gasteiger partial charge in [-0.15, -0.1) is 0 Å². The number of hydrogen-bond acceptors (Lipinski definition) is 3. The largest absolute Gasteiger partial charge is 0.468 e. The van der Waals surface area contributed by atoms with E-state index in [-0.39, 0.29) is 0 Å². The summed E-state index contributed by atoms with van der Waals surface area (Å²) in [5.41, 5.74) is 8.54. The highest BCUT2D eigenvalue weighted by Crippen LogP contribution is 2.30. The first-order valence-corrected chi connectivity index (χ1v) is 6.67. The molecular weight excluding hydrogens is 224 g/mol. The van der Waals surface area contributed by atoms with E-state index in [1.807, 2.05) is 0 Å². The van der Waals surface area contributed by atoms with E-state index in [0.717, 1.165) is 37.4 Å². The Labute approximate surface area is 110 Å². The van der Waals surface area contributed by atoms with Crippen molar-refractivity contribution in [2.24, 2.45) is 11.1 Å². The van der Waals surface area contributed by atoms with E-state index in [2.05, 4.69) is 37.8 Å². The van der Waals surface area contributed by atoms with E-state index in [9.17, 15) is 0 Å². The van der Waals surface area contributed by atoms with Crippen molar-refractivity contribution in [2.75, 3.05) is 13.1 Å². The van der Waals surface area contributed by atoms with E-state index >= 15 is 0 Å². The molecule has 0 atom stereocenters. The third-order valence-corrected chi connectivity index (χ3v) is 3.58. The Balaban J connectivity index is 1.92. The lowest BCUT2D eigenvalue weighted by atomic mass is 9.83. The van der Waals surface area contributed by atoms with Crippen LogP contribution in [0.3, 0.4) is 0 Å². The van der Waals surface area contributed by atoms with Gasteiger partial charge in [-0.05, 0) is 17.9 Å². The van der Waals surface area contributed by atoms with Gasteiger partial charge in [-0.25, -0.2) is 0 Å². The molecule has 0 radical (unpaired) electrons. The van der Waals surface area contributed by atoms with Gasteiger partial charge in [-0.3, -0.25) is 4.90 Å². The van der Waals surface area contributed by atoms with Crippen LogP contribution in [0.25, 0.3) is 0 Å². The molecule has 3 nitrogen and oxygen atoms in total. The molecule has 2 N–H and O–H groups in total. The second-order valence-electron chi connectivity index (χ2n) is 6.09. The number of rotatable bonds is 3. The molecule has 1 aliphatic rings. The van der Waals surface area contributed by atoms with Crippen molar-refractivity contribution in [3.8, 4) is 0 Å². The summed E-state index contributed by atoms with van der Waals surface area (Å²) in [6, 6.07) is 2.06. The Morgan fingerprint density at radius 2 is 2.17 bits per heavy atom. The zero-order valence-electron chi connectivity index (χ0n) is 11.7. The van der Waals surface area contributed by atoms with Gasteiger partial charge in [0.1, 0.15) is 5.76 Å². The molecule has 0 bridgehead atoms. The minimum atomic E-state index is 0.309. The smallest absolute Gasteiger partial charge is 0.118 e. The Kier molecular flexibility index (Phi) is 3.93. The lowest BCUT2D eigenvalue weighted by Crippen LogP contribution is -2.30. The van der Waals surface area contributed by atoms with Crippen LogP contribution in [0.2, 0.25) is 0 Å². The Bertz CT molecular complexity index is 426. The molecule has 100 valence electrons. The standard InChI is InChI=1S/C15H24N2O/c1-15(2,3)13-4-6-17(7-5-13)10-14-8-12(9-16)11-18-14/h4,8,11H,5-7,9-10,16H2,1-3H3. The molecule has 2 rings (SSSR count). The van der Waals surface area contributed by atoms with Gasteiger partial charge in [0.05, 0.1) is 12.8 Å². The first kappa shape index (κ1) is 13.4. The Hall–Kier alpha value is -1.06. The lowest BCUT2D eigenvalue weighted by Gasteiger charge is -2.31. The number of hydrogen-bond donors (Lipinski definition) is 1. The molecule has 1 aromatic rings. The van der Waals surface area contributed by atoms with Crippen molar-refractivity contribution >= 4 is 0 Å². The molecule has 1 aromatic heterocycles. The predicted octanol–water partition coefficient (Wildman–Crippen LogP) is 2.92. The second-order valence-corrected chi connectivity index (χ2v) is 6.09. The van der Waals surface area contributed by atoms with Crippen molar-refractivity contribution in [3.63, 3.8) is 0 Å². The number of nitrogens with zero attached hydrogens (tertiary/aromatic N) is 1. The summed E-state index contributed by atoms with van der Waals surface area (Å²) in [4.78, 5) is 2.41. The van der Waals surface area contributed by atoms with Gasteiger partial charge in [0, 0.05) is 25.2 Å². The maximum atomic E-state index is 5.58. The first-order chi connectivity index (χ1) is 8.49. The summed E-state index contributed by atoms with van der Waals surface area (Å²) in [7, 11) is 0. The topological polar surface area (TPSA) is 42.4 Å². The molecule has 0 amide bonds. The van der Waals surface area contributed by atoms with Gasteiger partial charge in [0.25, 0.3) is 0 Å². The molecule has 2 heterocycles. The maximum Gasteiger partial charge on any atom is 0.118 e. The third-order valence-electron chi connectivity index (χ3n) is 3.58. The molecule has 0 aliphatic carbocycles. The van der Waals surface area contributed by atoms with Crippen LogP contribution in [-0.2, 0) is 13.1 Å². The summed E-state index contributed by atoms with van der Waals surface area (Å²) in [6.07, 6.45) is 5.29. The summed E-state index contributed by atoms with van der Waals surface area (Å²) < 4.78 is 5.51. The van der Waals surface area contributed by atoms with Crippen molar-refractivity contribution in [2.45, 2.75) is 40.3 Å². The fourth-order valence-corrected chi connectivity index (χ4v) is 2.37. The monoisotopic (exact) mass is 248 g/mol. The van der Waals surface area contributed by atoms with Gasteiger partial charge in [-0.2, -0.15) is 0 Å². The van der Waals surface area contributed by atoms with Crippen LogP contribution >= 0.6 is 0 Å². The van der Waals surface area contributed by atoms with Crippen LogP contribution in [0.15, 0.2) is 28.4 Å². The zero-order chi connectivity index (χ0) is 13.2. The molecule has 18 heavy (non-hydrogen) atoms. The van der Waals surface area contributed by atoms with Crippen LogP contribution in [-0.4, -0.2) is 18.0 Å². The predicted molar refractivity (Wildman–Crippen MR) is 74.0 cm³/mol. The average Bonchev–Trinajstić information content (AvgIpc) is 2.76.